The zero-order chi connectivity index (χ0) is 13.1. The SMILES string of the molecule is COc1ccc(C2=NCNC2)c(-c2ccncc2)c1. The van der Waals surface area contributed by atoms with Crippen LogP contribution in [-0.4, -0.2) is 31.0 Å². The number of hydrogen-bond donors (Lipinski definition) is 1. The highest BCUT2D eigenvalue weighted by atomic mass is 16.5. The van der Waals surface area contributed by atoms with E-state index in [-0.39, 0.29) is 0 Å². The third kappa shape index (κ3) is 2.35. The van der Waals surface area contributed by atoms with Crippen LogP contribution in [-0.2, 0) is 0 Å². The monoisotopic (exact) mass is 253 g/mol. The van der Waals surface area contributed by atoms with Crippen molar-refractivity contribution in [2.75, 3.05) is 20.3 Å². The van der Waals surface area contributed by atoms with Crippen molar-refractivity contribution in [1.29, 1.82) is 0 Å². The van der Waals surface area contributed by atoms with Crippen LogP contribution in [0.1, 0.15) is 5.56 Å². The Balaban J connectivity index is 2.14. The summed E-state index contributed by atoms with van der Waals surface area (Å²) in [6, 6.07) is 10.1. The van der Waals surface area contributed by atoms with Gasteiger partial charge in [-0.2, -0.15) is 0 Å². The van der Waals surface area contributed by atoms with Crippen molar-refractivity contribution in [2.45, 2.75) is 0 Å². The zero-order valence-electron chi connectivity index (χ0n) is 10.8. The fraction of sp³-hybridized carbons (Fsp3) is 0.200. The lowest BCUT2D eigenvalue weighted by atomic mass is 9.97. The molecule has 4 nitrogen and oxygen atoms in total. The minimum absolute atomic E-state index is 0.692. The van der Waals surface area contributed by atoms with Gasteiger partial charge in [-0.05, 0) is 41.5 Å². The smallest absolute Gasteiger partial charge is 0.119 e. The largest absolute Gasteiger partial charge is 0.497 e. The molecular weight excluding hydrogens is 238 g/mol. The Morgan fingerprint density at radius 1 is 1.11 bits per heavy atom. The number of aromatic nitrogens is 1. The second kappa shape index (κ2) is 5.20. The van der Waals surface area contributed by atoms with Crippen LogP contribution in [0, 0.1) is 0 Å². The van der Waals surface area contributed by atoms with Gasteiger partial charge in [-0.25, -0.2) is 0 Å². The van der Waals surface area contributed by atoms with E-state index in [9.17, 15) is 0 Å². The van der Waals surface area contributed by atoms with Crippen molar-refractivity contribution in [3.63, 3.8) is 0 Å². The second-order valence-corrected chi connectivity index (χ2v) is 4.34. The van der Waals surface area contributed by atoms with E-state index in [2.05, 4.69) is 21.4 Å². The van der Waals surface area contributed by atoms with E-state index < -0.39 is 0 Å². The first kappa shape index (κ1) is 11.9. The van der Waals surface area contributed by atoms with Gasteiger partial charge in [0.15, 0.2) is 0 Å². The number of pyridine rings is 1. The molecule has 3 rings (SSSR count). The molecule has 0 bridgehead atoms. The van der Waals surface area contributed by atoms with Gasteiger partial charge in [0, 0.05) is 24.5 Å². The summed E-state index contributed by atoms with van der Waals surface area (Å²) >= 11 is 0. The van der Waals surface area contributed by atoms with Crippen LogP contribution in [0.25, 0.3) is 11.1 Å². The van der Waals surface area contributed by atoms with Crippen LogP contribution in [0.3, 0.4) is 0 Å². The summed E-state index contributed by atoms with van der Waals surface area (Å²) < 4.78 is 5.32. The Bertz CT molecular complexity index is 608. The summed E-state index contributed by atoms with van der Waals surface area (Å²) in [5.41, 5.74) is 4.49. The first-order valence-electron chi connectivity index (χ1n) is 6.21. The summed E-state index contributed by atoms with van der Waals surface area (Å²) in [5, 5.41) is 3.23. The molecule has 0 spiro atoms. The Labute approximate surface area is 112 Å². The number of aliphatic imine (C=N–C) groups is 1. The van der Waals surface area contributed by atoms with Crippen molar-refractivity contribution in [1.82, 2.24) is 10.3 Å². The molecule has 2 heterocycles. The highest BCUT2D eigenvalue weighted by molar-refractivity contribution is 6.08. The molecule has 0 radical (unpaired) electrons. The Morgan fingerprint density at radius 3 is 2.63 bits per heavy atom. The molecule has 1 N–H and O–H groups in total. The standard InChI is InChI=1S/C15H15N3O/c1-19-12-2-3-13(15-9-17-10-18-15)14(8-12)11-4-6-16-7-5-11/h2-8,17H,9-10H2,1H3. The van der Waals surface area contributed by atoms with Gasteiger partial charge < -0.3 is 4.74 Å². The van der Waals surface area contributed by atoms with E-state index in [1.807, 2.05) is 24.3 Å². The molecule has 0 fully saturated rings. The maximum atomic E-state index is 5.32. The lowest BCUT2D eigenvalue weighted by Crippen LogP contribution is -2.14. The van der Waals surface area contributed by atoms with Crippen LogP contribution in [0.5, 0.6) is 5.75 Å². The van der Waals surface area contributed by atoms with E-state index in [1.165, 1.54) is 0 Å². The summed E-state index contributed by atoms with van der Waals surface area (Å²) in [6.45, 7) is 1.50. The van der Waals surface area contributed by atoms with Gasteiger partial charge in [0.05, 0.1) is 19.5 Å². The summed E-state index contributed by atoms with van der Waals surface area (Å²) in [5.74, 6) is 0.849. The van der Waals surface area contributed by atoms with E-state index in [0.717, 1.165) is 34.7 Å². The van der Waals surface area contributed by atoms with Gasteiger partial charge in [-0.1, -0.05) is 0 Å². The van der Waals surface area contributed by atoms with E-state index in [0.29, 0.717) is 6.67 Å². The predicted molar refractivity (Wildman–Crippen MR) is 75.6 cm³/mol. The molecule has 1 aromatic heterocycles. The van der Waals surface area contributed by atoms with Crippen molar-refractivity contribution in [3.05, 3.63) is 48.3 Å². The van der Waals surface area contributed by atoms with Crippen LogP contribution < -0.4 is 10.1 Å². The van der Waals surface area contributed by atoms with E-state index >= 15 is 0 Å². The van der Waals surface area contributed by atoms with Crippen molar-refractivity contribution in [3.8, 4) is 16.9 Å². The topological polar surface area (TPSA) is 46.5 Å². The molecular formula is C15H15N3O. The van der Waals surface area contributed by atoms with Gasteiger partial charge in [-0.3, -0.25) is 15.3 Å². The first-order chi connectivity index (χ1) is 9.38. The third-order valence-corrected chi connectivity index (χ3v) is 3.20. The minimum atomic E-state index is 0.692. The lowest BCUT2D eigenvalue weighted by Gasteiger charge is -2.11. The van der Waals surface area contributed by atoms with Crippen molar-refractivity contribution < 1.29 is 4.74 Å². The number of hydrogen-bond acceptors (Lipinski definition) is 4. The fourth-order valence-corrected chi connectivity index (χ4v) is 2.23. The maximum Gasteiger partial charge on any atom is 0.119 e. The van der Waals surface area contributed by atoms with Crippen molar-refractivity contribution >= 4 is 5.71 Å². The second-order valence-electron chi connectivity index (χ2n) is 4.34. The van der Waals surface area contributed by atoms with Crippen LogP contribution in [0.15, 0.2) is 47.7 Å². The van der Waals surface area contributed by atoms with Crippen LogP contribution in [0.4, 0.5) is 0 Å². The molecule has 0 aliphatic carbocycles. The number of rotatable bonds is 3. The van der Waals surface area contributed by atoms with Crippen LogP contribution in [0.2, 0.25) is 0 Å². The molecule has 0 atom stereocenters. The van der Waals surface area contributed by atoms with Gasteiger partial charge in [-0.15, -0.1) is 0 Å². The molecule has 1 aromatic carbocycles. The molecule has 96 valence electrons. The number of nitrogens with one attached hydrogen (secondary N) is 1. The Kier molecular flexibility index (Phi) is 3.25. The quantitative estimate of drug-likeness (QED) is 0.911. The molecule has 2 aromatic rings. The van der Waals surface area contributed by atoms with Crippen molar-refractivity contribution in [2.24, 2.45) is 4.99 Å². The van der Waals surface area contributed by atoms with Gasteiger partial charge >= 0.3 is 0 Å². The summed E-state index contributed by atoms with van der Waals surface area (Å²) in [4.78, 5) is 8.56. The average Bonchev–Trinajstić information content (AvgIpc) is 3.01. The summed E-state index contributed by atoms with van der Waals surface area (Å²) in [6.07, 6.45) is 3.60. The maximum absolute atomic E-state index is 5.32. The number of ether oxygens (including phenoxy) is 1. The average molecular weight is 253 g/mol. The van der Waals surface area contributed by atoms with Gasteiger partial charge in [0.1, 0.15) is 5.75 Å². The highest BCUT2D eigenvalue weighted by Crippen LogP contribution is 2.28. The van der Waals surface area contributed by atoms with Gasteiger partial charge in [0.25, 0.3) is 0 Å². The predicted octanol–water partition coefficient (Wildman–Crippen LogP) is 2.11. The Hall–Kier alpha value is -2.20. The lowest BCUT2D eigenvalue weighted by molar-refractivity contribution is 0.415. The number of nitrogens with zero attached hydrogens (tertiary/aromatic N) is 2. The summed E-state index contributed by atoms with van der Waals surface area (Å²) in [7, 11) is 1.68. The molecule has 0 amide bonds. The molecule has 4 heteroatoms. The minimum Gasteiger partial charge on any atom is -0.497 e. The Morgan fingerprint density at radius 2 is 1.95 bits per heavy atom. The molecule has 0 saturated heterocycles. The molecule has 19 heavy (non-hydrogen) atoms. The highest BCUT2D eigenvalue weighted by Gasteiger charge is 2.14. The molecule has 0 saturated carbocycles. The molecule has 1 aliphatic rings. The normalized spacial score (nSPS) is 14.3. The first-order valence-corrected chi connectivity index (χ1v) is 6.21. The van der Waals surface area contributed by atoms with E-state index in [4.69, 9.17) is 4.74 Å². The number of benzene rings is 1. The van der Waals surface area contributed by atoms with Crippen LogP contribution >= 0.6 is 0 Å². The number of methoxy groups -OCH3 is 1. The van der Waals surface area contributed by atoms with E-state index in [1.54, 1.807) is 19.5 Å². The molecule has 1 aliphatic heterocycles. The van der Waals surface area contributed by atoms with Gasteiger partial charge in [0.2, 0.25) is 0 Å². The third-order valence-electron chi connectivity index (χ3n) is 3.20. The molecule has 0 unspecified atom stereocenters. The fourth-order valence-electron chi connectivity index (χ4n) is 2.23. The zero-order valence-corrected chi connectivity index (χ0v) is 10.8.